The molecule has 0 saturated carbocycles. The van der Waals surface area contributed by atoms with E-state index in [0.717, 1.165) is 17.0 Å². The highest BCUT2D eigenvalue weighted by Crippen LogP contribution is 2.09. The topological polar surface area (TPSA) is 67.2 Å². The summed E-state index contributed by atoms with van der Waals surface area (Å²) in [4.78, 5) is 11.8. The first-order chi connectivity index (χ1) is 9.95. The van der Waals surface area contributed by atoms with Crippen molar-refractivity contribution in [3.05, 3.63) is 52.8 Å². The largest absolute Gasteiger partial charge is 0.392 e. The first-order valence-electron chi connectivity index (χ1n) is 7.02. The number of benzene rings is 1. The first kappa shape index (κ1) is 15.3. The van der Waals surface area contributed by atoms with Crippen LogP contribution in [0.15, 0.2) is 30.3 Å². The summed E-state index contributed by atoms with van der Waals surface area (Å²) in [5.74, 6) is -0.173. The van der Waals surface area contributed by atoms with Crippen LogP contribution in [0, 0.1) is 13.8 Å². The maximum Gasteiger partial charge on any atom is 0.251 e. The fraction of sp³-hybridized carbons (Fsp3) is 0.375. The van der Waals surface area contributed by atoms with Gasteiger partial charge in [0.15, 0.2) is 0 Å². The smallest absolute Gasteiger partial charge is 0.251 e. The molecule has 1 atom stereocenters. The SMILES string of the molecule is Cc1cc(C)n(Cc2ccc(C(=O)NCC(C)O)cc2)n1. The van der Waals surface area contributed by atoms with Crippen LogP contribution in [0.3, 0.4) is 0 Å². The highest BCUT2D eigenvalue weighted by molar-refractivity contribution is 5.94. The molecule has 2 rings (SSSR count). The molecule has 1 aromatic carbocycles. The molecular weight excluding hydrogens is 266 g/mol. The lowest BCUT2D eigenvalue weighted by Gasteiger charge is -2.08. The van der Waals surface area contributed by atoms with E-state index < -0.39 is 6.10 Å². The fourth-order valence-corrected chi connectivity index (χ4v) is 2.11. The molecule has 0 aliphatic heterocycles. The molecule has 0 bridgehead atoms. The fourth-order valence-electron chi connectivity index (χ4n) is 2.11. The Morgan fingerprint density at radius 2 is 2.00 bits per heavy atom. The van der Waals surface area contributed by atoms with Gasteiger partial charge in [-0.15, -0.1) is 0 Å². The number of aliphatic hydroxyl groups excluding tert-OH is 1. The van der Waals surface area contributed by atoms with Gasteiger partial charge in [-0.05, 0) is 44.5 Å². The molecule has 1 heterocycles. The van der Waals surface area contributed by atoms with E-state index in [1.807, 2.05) is 36.7 Å². The molecule has 0 fully saturated rings. The monoisotopic (exact) mass is 287 g/mol. The number of aryl methyl sites for hydroxylation is 2. The van der Waals surface area contributed by atoms with Gasteiger partial charge in [0.05, 0.1) is 18.3 Å². The van der Waals surface area contributed by atoms with Gasteiger partial charge in [0.25, 0.3) is 5.91 Å². The van der Waals surface area contributed by atoms with Gasteiger partial charge in [0.2, 0.25) is 0 Å². The standard InChI is InChI=1S/C16H21N3O2/c1-11-8-12(2)19(18-11)10-14-4-6-15(7-5-14)16(21)17-9-13(3)20/h4-8,13,20H,9-10H2,1-3H3,(H,17,21). The highest BCUT2D eigenvalue weighted by Gasteiger charge is 2.07. The van der Waals surface area contributed by atoms with Gasteiger partial charge < -0.3 is 10.4 Å². The molecule has 0 aliphatic rings. The molecule has 1 amide bonds. The van der Waals surface area contributed by atoms with Crippen molar-refractivity contribution in [2.75, 3.05) is 6.54 Å². The zero-order valence-corrected chi connectivity index (χ0v) is 12.6. The number of nitrogens with one attached hydrogen (secondary N) is 1. The van der Waals surface area contributed by atoms with Crippen molar-refractivity contribution in [2.24, 2.45) is 0 Å². The zero-order valence-electron chi connectivity index (χ0n) is 12.6. The molecule has 2 aromatic rings. The van der Waals surface area contributed by atoms with Crippen molar-refractivity contribution in [3.63, 3.8) is 0 Å². The van der Waals surface area contributed by atoms with Crippen LogP contribution in [0.5, 0.6) is 0 Å². The summed E-state index contributed by atoms with van der Waals surface area (Å²) in [6.45, 7) is 6.58. The van der Waals surface area contributed by atoms with Crippen LogP contribution in [0.4, 0.5) is 0 Å². The van der Waals surface area contributed by atoms with Crippen LogP contribution in [0.1, 0.15) is 34.2 Å². The molecule has 0 radical (unpaired) electrons. The maximum absolute atomic E-state index is 11.8. The number of carbonyl (C=O) groups excluding carboxylic acids is 1. The summed E-state index contributed by atoms with van der Waals surface area (Å²) >= 11 is 0. The predicted molar refractivity (Wildman–Crippen MR) is 81.3 cm³/mol. The number of hydrogen-bond donors (Lipinski definition) is 2. The van der Waals surface area contributed by atoms with E-state index in [1.165, 1.54) is 0 Å². The number of rotatable bonds is 5. The Morgan fingerprint density at radius 1 is 1.33 bits per heavy atom. The Kier molecular flexibility index (Phi) is 4.75. The van der Waals surface area contributed by atoms with E-state index in [4.69, 9.17) is 5.11 Å². The normalized spacial score (nSPS) is 12.2. The average Bonchev–Trinajstić information content (AvgIpc) is 2.75. The third-order valence-electron chi connectivity index (χ3n) is 3.21. The first-order valence-corrected chi connectivity index (χ1v) is 7.02. The predicted octanol–water partition coefficient (Wildman–Crippen LogP) is 1.66. The molecule has 1 unspecified atom stereocenters. The molecule has 112 valence electrons. The Balaban J connectivity index is 2.02. The van der Waals surface area contributed by atoms with Crippen molar-refractivity contribution < 1.29 is 9.90 Å². The lowest BCUT2D eigenvalue weighted by Crippen LogP contribution is -2.30. The summed E-state index contributed by atoms with van der Waals surface area (Å²) < 4.78 is 1.94. The van der Waals surface area contributed by atoms with Gasteiger partial charge in [0, 0.05) is 17.8 Å². The van der Waals surface area contributed by atoms with E-state index >= 15 is 0 Å². The van der Waals surface area contributed by atoms with Crippen LogP contribution in [0.2, 0.25) is 0 Å². The molecule has 0 saturated heterocycles. The third kappa shape index (κ3) is 4.16. The van der Waals surface area contributed by atoms with Gasteiger partial charge in [-0.3, -0.25) is 9.48 Å². The number of nitrogens with zero attached hydrogens (tertiary/aromatic N) is 2. The quantitative estimate of drug-likeness (QED) is 0.879. The maximum atomic E-state index is 11.8. The summed E-state index contributed by atoms with van der Waals surface area (Å²) in [7, 11) is 0. The van der Waals surface area contributed by atoms with Crippen molar-refractivity contribution >= 4 is 5.91 Å². The molecule has 1 aromatic heterocycles. The minimum absolute atomic E-state index is 0.173. The second kappa shape index (κ2) is 6.54. The van der Waals surface area contributed by atoms with Crippen molar-refractivity contribution in [1.29, 1.82) is 0 Å². The number of hydrogen-bond acceptors (Lipinski definition) is 3. The Bertz CT molecular complexity index is 615. The average molecular weight is 287 g/mol. The van der Waals surface area contributed by atoms with E-state index in [0.29, 0.717) is 12.1 Å². The molecule has 0 aliphatic carbocycles. The summed E-state index contributed by atoms with van der Waals surface area (Å²) in [5.41, 5.74) is 3.80. The van der Waals surface area contributed by atoms with E-state index in [1.54, 1.807) is 19.1 Å². The van der Waals surface area contributed by atoms with Crippen LogP contribution >= 0.6 is 0 Å². The summed E-state index contributed by atoms with van der Waals surface area (Å²) in [6.07, 6.45) is -0.542. The van der Waals surface area contributed by atoms with Crippen molar-refractivity contribution in [3.8, 4) is 0 Å². The highest BCUT2D eigenvalue weighted by atomic mass is 16.3. The van der Waals surface area contributed by atoms with Crippen LogP contribution in [0.25, 0.3) is 0 Å². The second-order valence-corrected chi connectivity index (χ2v) is 5.34. The number of carbonyl (C=O) groups is 1. The van der Waals surface area contributed by atoms with E-state index in [9.17, 15) is 4.79 Å². The van der Waals surface area contributed by atoms with E-state index in [2.05, 4.69) is 10.4 Å². The van der Waals surface area contributed by atoms with Crippen molar-refractivity contribution in [1.82, 2.24) is 15.1 Å². The molecule has 2 N–H and O–H groups in total. The van der Waals surface area contributed by atoms with Gasteiger partial charge in [0.1, 0.15) is 0 Å². The molecule has 21 heavy (non-hydrogen) atoms. The van der Waals surface area contributed by atoms with Crippen LogP contribution < -0.4 is 5.32 Å². The lowest BCUT2D eigenvalue weighted by atomic mass is 10.1. The summed E-state index contributed by atoms with van der Waals surface area (Å²) in [5, 5.41) is 16.3. The van der Waals surface area contributed by atoms with Gasteiger partial charge in [-0.2, -0.15) is 5.10 Å². The molecule has 5 nitrogen and oxygen atoms in total. The Hall–Kier alpha value is -2.14. The van der Waals surface area contributed by atoms with Gasteiger partial charge in [-0.1, -0.05) is 12.1 Å². The van der Waals surface area contributed by atoms with Crippen molar-refractivity contribution in [2.45, 2.75) is 33.4 Å². The van der Waals surface area contributed by atoms with Crippen LogP contribution in [-0.4, -0.2) is 33.4 Å². The van der Waals surface area contributed by atoms with Gasteiger partial charge >= 0.3 is 0 Å². The Morgan fingerprint density at radius 3 is 2.52 bits per heavy atom. The molecule has 0 spiro atoms. The van der Waals surface area contributed by atoms with Crippen LogP contribution in [-0.2, 0) is 6.54 Å². The molecular formula is C16H21N3O2. The second-order valence-electron chi connectivity index (χ2n) is 5.34. The Labute approximate surface area is 124 Å². The number of aromatic nitrogens is 2. The zero-order chi connectivity index (χ0) is 15.4. The molecule has 5 heteroatoms. The lowest BCUT2D eigenvalue weighted by molar-refractivity contribution is 0.0924. The minimum atomic E-state index is -0.542. The van der Waals surface area contributed by atoms with E-state index in [-0.39, 0.29) is 12.5 Å². The third-order valence-corrected chi connectivity index (χ3v) is 3.21. The number of aliphatic hydroxyl groups is 1. The minimum Gasteiger partial charge on any atom is -0.392 e. The number of amides is 1. The van der Waals surface area contributed by atoms with Gasteiger partial charge in [-0.25, -0.2) is 0 Å². The summed E-state index contributed by atoms with van der Waals surface area (Å²) in [6, 6.07) is 9.47.